The number of guanidine groups is 1. The molecular formula is C21H29ClN6O. The summed E-state index contributed by atoms with van der Waals surface area (Å²) < 4.78 is 5.59. The molecule has 1 atom stereocenters. The van der Waals surface area contributed by atoms with Crippen molar-refractivity contribution >= 4 is 23.4 Å². The van der Waals surface area contributed by atoms with Crippen molar-refractivity contribution in [2.75, 3.05) is 24.5 Å². The van der Waals surface area contributed by atoms with E-state index in [-0.39, 0.29) is 12.1 Å². The Labute approximate surface area is 177 Å². The van der Waals surface area contributed by atoms with E-state index in [0.29, 0.717) is 17.4 Å². The molecule has 1 unspecified atom stereocenters. The zero-order valence-electron chi connectivity index (χ0n) is 17.2. The Morgan fingerprint density at radius 1 is 1.34 bits per heavy atom. The highest BCUT2D eigenvalue weighted by molar-refractivity contribution is 6.32. The third-order valence-corrected chi connectivity index (χ3v) is 4.78. The minimum Gasteiger partial charge on any atom is -0.475 e. The lowest BCUT2D eigenvalue weighted by molar-refractivity contribution is 0.232. The lowest BCUT2D eigenvalue weighted by Crippen LogP contribution is -2.44. The highest BCUT2D eigenvalue weighted by atomic mass is 35.5. The van der Waals surface area contributed by atoms with Crippen molar-refractivity contribution in [3.8, 4) is 5.88 Å². The summed E-state index contributed by atoms with van der Waals surface area (Å²) >= 11 is 6.29. The van der Waals surface area contributed by atoms with E-state index in [9.17, 15) is 0 Å². The van der Waals surface area contributed by atoms with E-state index in [1.165, 1.54) is 0 Å². The van der Waals surface area contributed by atoms with Crippen LogP contribution in [0, 0.1) is 0 Å². The van der Waals surface area contributed by atoms with Crippen LogP contribution in [-0.4, -0.2) is 47.7 Å². The summed E-state index contributed by atoms with van der Waals surface area (Å²) in [4.78, 5) is 15.7. The van der Waals surface area contributed by atoms with Crippen molar-refractivity contribution in [2.45, 2.75) is 45.9 Å². The fraction of sp³-hybridized carbons (Fsp3) is 0.476. The number of rotatable bonds is 7. The van der Waals surface area contributed by atoms with Crippen molar-refractivity contribution in [3.63, 3.8) is 0 Å². The Kier molecular flexibility index (Phi) is 7.52. The zero-order chi connectivity index (χ0) is 20.6. The largest absolute Gasteiger partial charge is 0.475 e. The number of halogens is 1. The van der Waals surface area contributed by atoms with E-state index in [0.717, 1.165) is 43.4 Å². The fourth-order valence-electron chi connectivity index (χ4n) is 3.18. The third-order valence-electron chi connectivity index (χ3n) is 4.49. The van der Waals surface area contributed by atoms with Gasteiger partial charge in [-0.2, -0.15) is 0 Å². The molecule has 2 aromatic heterocycles. The number of hydrogen-bond donors (Lipinski definition) is 2. The first-order valence-corrected chi connectivity index (χ1v) is 10.4. The molecule has 8 heteroatoms. The van der Waals surface area contributed by atoms with Crippen molar-refractivity contribution in [2.24, 2.45) is 4.99 Å². The maximum Gasteiger partial charge on any atom is 0.213 e. The van der Waals surface area contributed by atoms with Crippen molar-refractivity contribution in [1.29, 1.82) is 0 Å². The van der Waals surface area contributed by atoms with Crippen molar-refractivity contribution in [3.05, 3.63) is 47.2 Å². The summed E-state index contributed by atoms with van der Waals surface area (Å²) in [5.41, 5.74) is 1.03. The Hall–Kier alpha value is -2.54. The van der Waals surface area contributed by atoms with Gasteiger partial charge in [-0.1, -0.05) is 17.7 Å². The minimum absolute atomic E-state index is 0.114. The van der Waals surface area contributed by atoms with Crippen LogP contribution < -0.4 is 20.3 Å². The van der Waals surface area contributed by atoms with Crippen LogP contribution in [0.1, 0.15) is 32.8 Å². The Morgan fingerprint density at radius 2 is 2.21 bits per heavy atom. The van der Waals surface area contributed by atoms with Crippen molar-refractivity contribution < 1.29 is 4.74 Å². The smallest absolute Gasteiger partial charge is 0.213 e. The fourth-order valence-corrected chi connectivity index (χ4v) is 3.42. The number of aromatic nitrogens is 2. The van der Waals surface area contributed by atoms with Gasteiger partial charge in [-0.15, -0.1) is 0 Å². The maximum atomic E-state index is 6.29. The highest BCUT2D eigenvalue weighted by Gasteiger charge is 2.25. The molecule has 1 saturated heterocycles. The molecular weight excluding hydrogens is 388 g/mol. The second kappa shape index (κ2) is 10.3. The molecule has 1 fully saturated rings. The second-order valence-corrected chi connectivity index (χ2v) is 7.66. The third kappa shape index (κ3) is 6.22. The molecule has 0 spiro atoms. The van der Waals surface area contributed by atoms with E-state index in [4.69, 9.17) is 21.3 Å². The van der Waals surface area contributed by atoms with Crippen LogP contribution in [0.3, 0.4) is 0 Å². The molecule has 1 aliphatic heterocycles. The molecule has 156 valence electrons. The quantitative estimate of drug-likeness (QED) is 0.533. The lowest BCUT2D eigenvalue weighted by atomic mass is 10.2. The van der Waals surface area contributed by atoms with E-state index < -0.39 is 0 Å². The summed E-state index contributed by atoms with van der Waals surface area (Å²) in [5.74, 6) is 2.28. The van der Waals surface area contributed by atoms with Crippen LogP contribution >= 0.6 is 11.6 Å². The summed E-state index contributed by atoms with van der Waals surface area (Å²) in [7, 11) is 0. The molecule has 2 N–H and O–H groups in total. The summed E-state index contributed by atoms with van der Waals surface area (Å²) in [5, 5.41) is 7.53. The van der Waals surface area contributed by atoms with Gasteiger partial charge in [0, 0.05) is 44.1 Å². The van der Waals surface area contributed by atoms with Gasteiger partial charge in [0.05, 0.1) is 17.7 Å². The number of pyridine rings is 2. The minimum atomic E-state index is 0.114. The Bertz CT molecular complexity index is 811. The van der Waals surface area contributed by atoms with Crippen LogP contribution in [0.25, 0.3) is 0 Å². The SMILES string of the molecule is CCNC(=NCc1ccc(OC(C)C)nc1)NC1CCN(c2ncccc2Cl)C1. The first kappa shape index (κ1) is 21.2. The van der Waals surface area contributed by atoms with Gasteiger partial charge in [0.1, 0.15) is 5.82 Å². The summed E-state index contributed by atoms with van der Waals surface area (Å²) in [6.45, 7) is 9.13. The molecule has 0 saturated carbocycles. The average molecular weight is 417 g/mol. The Balaban J connectivity index is 1.58. The first-order chi connectivity index (χ1) is 14.0. The van der Waals surface area contributed by atoms with Gasteiger partial charge in [0.2, 0.25) is 5.88 Å². The topological polar surface area (TPSA) is 74.7 Å². The van der Waals surface area contributed by atoms with Crippen LogP contribution in [0.2, 0.25) is 5.02 Å². The van der Waals surface area contributed by atoms with Crippen molar-refractivity contribution in [1.82, 2.24) is 20.6 Å². The van der Waals surface area contributed by atoms with E-state index >= 15 is 0 Å². The number of hydrogen-bond acceptors (Lipinski definition) is 5. The normalized spacial score (nSPS) is 16.9. The van der Waals surface area contributed by atoms with Crippen LogP contribution in [0.15, 0.2) is 41.7 Å². The van der Waals surface area contributed by atoms with E-state index in [2.05, 4.69) is 32.4 Å². The Morgan fingerprint density at radius 3 is 2.90 bits per heavy atom. The lowest BCUT2D eigenvalue weighted by Gasteiger charge is -2.20. The second-order valence-electron chi connectivity index (χ2n) is 7.25. The molecule has 7 nitrogen and oxygen atoms in total. The van der Waals surface area contributed by atoms with Gasteiger partial charge in [-0.3, -0.25) is 0 Å². The maximum absolute atomic E-state index is 6.29. The van der Waals surface area contributed by atoms with Gasteiger partial charge in [0.25, 0.3) is 0 Å². The molecule has 0 amide bonds. The number of aliphatic imine (C=N–C) groups is 1. The number of ether oxygens (including phenoxy) is 1. The van der Waals surface area contributed by atoms with Gasteiger partial charge in [-0.05, 0) is 44.9 Å². The standard InChI is InChI=1S/C21H29ClN6O/c1-4-23-21(26-13-16-7-8-19(25-12-16)29-15(2)3)27-17-9-11-28(14-17)20-18(22)6-5-10-24-20/h5-8,10,12,15,17H,4,9,11,13-14H2,1-3H3,(H2,23,26,27). The molecule has 0 aliphatic carbocycles. The molecule has 0 radical (unpaired) electrons. The molecule has 2 aromatic rings. The zero-order valence-corrected chi connectivity index (χ0v) is 18.0. The molecule has 3 rings (SSSR count). The predicted octanol–water partition coefficient (Wildman–Crippen LogP) is 3.25. The molecule has 0 bridgehead atoms. The van der Waals surface area contributed by atoms with Crippen LogP contribution in [-0.2, 0) is 6.54 Å². The number of nitrogens with zero attached hydrogens (tertiary/aromatic N) is 4. The molecule has 29 heavy (non-hydrogen) atoms. The first-order valence-electron chi connectivity index (χ1n) is 10.1. The summed E-state index contributed by atoms with van der Waals surface area (Å²) in [6, 6.07) is 7.89. The van der Waals surface area contributed by atoms with Gasteiger partial charge < -0.3 is 20.3 Å². The van der Waals surface area contributed by atoms with Crippen LogP contribution in [0.4, 0.5) is 5.82 Å². The van der Waals surface area contributed by atoms with Gasteiger partial charge in [0.15, 0.2) is 5.96 Å². The van der Waals surface area contributed by atoms with E-state index in [1.807, 2.05) is 44.3 Å². The van der Waals surface area contributed by atoms with Crippen LogP contribution in [0.5, 0.6) is 5.88 Å². The van der Waals surface area contributed by atoms with Gasteiger partial charge in [-0.25, -0.2) is 15.0 Å². The molecule has 3 heterocycles. The molecule has 1 aliphatic rings. The highest BCUT2D eigenvalue weighted by Crippen LogP contribution is 2.25. The number of anilines is 1. The van der Waals surface area contributed by atoms with E-state index in [1.54, 1.807) is 6.20 Å². The monoisotopic (exact) mass is 416 g/mol. The number of nitrogens with one attached hydrogen (secondary N) is 2. The predicted molar refractivity (Wildman–Crippen MR) is 118 cm³/mol. The summed E-state index contributed by atoms with van der Waals surface area (Å²) in [6.07, 6.45) is 4.70. The average Bonchev–Trinajstić information content (AvgIpc) is 3.15. The molecule has 0 aromatic carbocycles. The van der Waals surface area contributed by atoms with Gasteiger partial charge >= 0.3 is 0 Å².